The van der Waals surface area contributed by atoms with Crippen molar-refractivity contribution in [2.75, 3.05) is 25.0 Å². The standard InChI is InChI=1S/C13H20N6/c1-14-6-5-11-4-2-3-8-19(11)12-13-17-16-10-18(13)9-7-15-12/h7,9-11,14H,2-6,8H2,1H3. The first-order valence-electron chi connectivity index (χ1n) is 6.96. The van der Waals surface area contributed by atoms with E-state index in [1.165, 1.54) is 19.3 Å². The van der Waals surface area contributed by atoms with Gasteiger partial charge in [0.1, 0.15) is 6.33 Å². The number of hydrogen-bond donors (Lipinski definition) is 1. The first kappa shape index (κ1) is 12.3. The number of nitrogens with one attached hydrogen (secondary N) is 1. The molecule has 0 amide bonds. The highest BCUT2D eigenvalue weighted by Crippen LogP contribution is 2.26. The van der Waals surface area contributed by atoms with Gasteiger partial charge in [0.25, 0.3) is 0 Å². The lowest BCUT2D eigenvalue weighted by atomic mass is 9.99. The number of anilines is 1. The monoisotopic (exact) mass is 260 g/mol. The van der Waals surface area contributed by atoms with Crippen LogP contribution in [0.25, 0.3) is 5.65 Å². The third-order valence-electron chi connectivity index (χ3n) is 3.82. The van der Waals surface area contributed by atoms with Crippen LogP contribution in [0.5, 0.6) is 0 Å². The Morgan fingerprint density at radius 3 is 3.26 bits per heavy atom. The molecule has 0 aliphatic carbocycles. The van der Waals surface area contributed by atoms with Crippen molar-refractivity contribution in [1.29, 1.82) is 0 Å². The lowest BCUT2D eigenvalue weighted by molar-refractivity contribution is 0.431. The predicted octanol–water partition coefficient (Wildman–Crippen LogP) is 1.09. The Morgan fingerprint density at radius 1 is 1.42 bits per heavy atom. The molecular weight excluding hydrogens is 240 g/mol. The van der Waals surface area contributed by atoms with Crippen molar-refractivity contribution in [1.82, 2.24) is 24.9 Å². The minimum atomic E-state index is 0.552. The Balaban J connectivity index is 1.91. The highest BCUT2D eigenvalue weighted by Gasteiger charge is 2.25. The van der Waals surface area contributed by atoms with Gasteiger partial charge in [-0.15, -0.1) is 10.2 Å². The number of piperidine rings is 1. The number of nitrogens with zero attached hydrogens (tertiary/aromatic N) is 5. The van der Waals surface area contributed by atoms with E-state index in [1.54, 1.807) is 6.33 Å². The van der Waals surface area contributed by atoms with E-state index in [2.05, 4.69) is 25.4 Å². The summed E-state index contributed by atoms with van der Waals surface area (Å²) >= 11 is 0. The summed E-state index contributed by atoms with van der Waals surface area (Å²) in [7, 11) is 2.00. The van der Waals surface area contributed by atoms with Crippen molar-refractivity contribution in [2.24, 2.45) is 0 Å². The molecule has 3 rings (SSSR count). The molecule has 0 aromatic carbocycles. The highest BCUT2D eigenvalue weighted by atomic mass is 15.3. The molecule has 1 aliphatic heterocycles. The van der Waals surface area contributed by atoms with Gasteiger partial charge in [-0.1, -0.05) is 0 Å². The largest absolute Gasteiger partial charge is 0.350 e. The highest BCUT2D eigenvalue weighted by molar-refractivity contribution is 5.63. The van der Waals surface area contributed by atoms with Gasteiger partial charge < -0.3 is 10.2 Å². The summed E-state index contributed by atoms with van der Waals surface area (Å²) in [6.45, 7) is 2.10. The molecule has 1 fully saturated rings. The molecule has 6 nitrogen and oxygen atoms in total. The van der Waals surface area contributed by atoms with Crippen LogP contribution in [0.3, 0.4) is 0 Å². The summed E-state index contributed by atoms with van der Waals surface area (Å²) < 4.78 is 1.94. The molecular formula is C13H20N6. The van der Waals surface area contributed by atoms with Gasteiger partial charge in [0.15, 0.2) is 5.82 Å². The van der Waals surface area contributed by atoms with Gasteiger partial charge in [-0.2, -0.15) is 0 Å². The van der Waals surface area contributed by atoms with Crippen molar-refractivity contribution >= 4 is 11.5 Å². The van der Waals surface area contributed by atoms with Gasteiger partial charge >= 0.3 is 0 Å². The molecule has 0 spiro atoms. The maximum atomic E-state index is 4.54. The molecule has 102 valence electrons. The predicted molar refractivity (Wildman–Crippen MR) is 74.3 cm³/mol. The van der Waals surface area contributed by atoms with Gasteiger partial charge in [0.05, 0.1) is 0 Å². The van der Waals surface area contributed by atoms with Crippen LogP contribution in [0, 0.1) is 0 Å². The minimum Gasteiger partial charge on any atom is -0.350 e. The second-order valence-corrected chi connectivity index (χ2v) is 5.05. The van der Waals surface area contributed by atoms with Crippen LogP contribution in [0.2, 0.25) is 0 Å². The van der Waals surface area contributed by atoms with Crippen molar-refractivity contribution in [3.63, 3.8) is 0 Å². The SMILES string of the molecule is CNCCC1CCCCN1c1nccn2cnnc12. The third-order valence-corrected chi connectivity index (χ3v) is 3.82. The van der Waals surface area contributed by atoms with Crippen LogP contribution in [0.1, 0.15) is 25.7 Å². The normalized spacial score (nSPS) is 20.1. The van der Waals surface area contributed by atoms with E-state index in [0.717, 1.165) is 31.0 Å². The Morgan fingerprint density at radius 2 is 2.37 bits per heavy atom. The van der Waals surface area contributed by atoms with Crippen LogP contribution in [-0.4, -0.2) is 45.8 Å². The van der Waals surface area contributed by atoms with E-state index in [1.807, 2.05) is 23.8 Å². The van der Waals surface area contributed by atoms with Gasteiger partial charge in [0.2, 0.25) is 5.65 Å². The van der Waals surface area contributed by atoms with Crippen molar-refractivity contribution in [2.45, 2.75) is 31.7 Å². The molecule has 1 atom stereocenters. The lowest BCUT2D eigenvalue weighted by Crippen LogP contribution is -2.41. The molecule has 3 heterocycles. The first-order valence-corrected chi connectivity index (χ1v) is 6.96. The van der Waals surface area contributed by atoms with Crippen LogP contribution in [0.15, 0.2) is 18.7 Å². The topological polar surface area (TPSA) is 58.4 Å². The van der Waals surface area contributed by atoms with E-state index in [9.17, 15) is 0 Å². The van der Waals surface area contributed by atoms with Crippen molar-refractivity contribution < 1.29 is 0 Å². The molecule has 1 saturated heterocycles. The minimum absolute atomic E-state index is 0.552. The summed E-state index contributed by atoms with van der Waals surface area (Å²) in [5, 5.41) is 11.4. The van der Waals surface area contributed by atoms with Crippen molar-refractivity contribution in [3.8, 4) is 0 Å². The summed E-state index contributed by atoms with van der Waals surface area (Å²) in [6.07, 6.45) is 10.4. The molecule has 1 unspecified atom stereocenters. The van der Waals surface area contributed by atoms with E-state index in [0.29, 0.717) is 6.04 Å². The molecule has 0 saturated carbocycles. The second kappa shape index (κ2) is 5.52. The van der Waals surface area contributed by atoms with Crippen LogP contribution < -0.4 is 10.2 Å². The number of fused-ring (bicyclic) bond motifs is 1. The van der Waals surface area contributed by atoms with Gasteiger partial charge in [-0.05, 0) is 39.3 Å². The Hall–Kier alpha value is -1.69. The van der Waals surface area contributed by atoms with Gasteiger partial charge in [-0.25, -0.2) is 4.98 Å². The van der Waals surface area contributed by atoms with Crippen LogP contribution >= 0.6 is 0 Å². The first-order chi connectivity index (χ1) is 9.40. The quantitative estimate of drug-likeness (QED) is 0.892. The third kappa shape index (κ3) is 2.40. The Labute approximate surface area is 112 Å². The number of aromatic nitrogens is 4. The summed E-state index contributed by atoms with van der Waals surface area (Å²) in [5.41, 5.74) is 0.860. The van der Waals surface area contributed by atoms with E-state index < -0.39 is 0 Å². The molecule has 0 bridgehead atoms. The smallest absolute Gasteiger partial charge is 0.203 e. The van der Waals surface area contributed by atoms with Crippen LogP contribution in [-0.2, 0) is 0 Å². The fourth-order valence-electron chi connectivity index (χ4n) is 2.84. The number of rotatable bonds is 4. The molecule has 2 aromatic heterocycles. The molecule has 1 N–H and O–H groups in total. The average Bonchev–Trinajstić information content (AvgIpc) is 2.94. The van der Waals surface area contributed by atoms with E-state index in [-0.39, 0.29) is 0 Å². The fourth-order valence-corrected chi connectivity index (χ4v) is 2.84. The van der Waals surface area contributed by atoms with Crippen molar-refractivity contribution in [3.05, 3.63) is 18.7 Å². The molecule has 2 aromatic rings. The molecule has 6 heteroatoms. The molecule has 0 radical (unpaired) electrons. The maximum absolute atomic E-state index is 4.54. The molecule has 19 heavy (non-hydrogen) atoms. The summed E-state index contributed by atoms with van der Waals surface area (Å²) in [6, 6.07) is 0.552. The summed E-state index contributed by atoms with van der Waals surface area (Å²) in [5.74, 6) is 0.973. The van der Waals surface area contributed by atoms with Gasteiger partial charge in [0, 0.05) is 25.0 Å². The number of hydrogen-bond acceptors (Lipinski definition) is 5. The lowest BCUT2D eigenvalue weighted by Gasteiger charge is -2.36. The molecule has 1 aliphatic rings. The van der Waals surface area contributed by atoms with Gasteiger partial charge in [-0.3, -0.25) is 4.40 Å². The Bertz CT molecular complexity index is 537. The van der Waals surface area contributed by atoms with E-state index in [4.69, 9.17) is 0 Å². The average molecular weight is 260 g/mol. The van der Waals surface area contributed by atoms with Crippen LogP contribution in [0.4, 0.5) is 5.82 Å². The zero-order valence-electron chi connectivity index (χ0n) is 11.3. The zero-order valence-corrected chi connectivity index (χ0v) is 11.3. The Kier molecular flexibility index (Phi) is 3.59. The zero-order chi connectivity index (χ0) is 13.1. The fraction of sp³-hybridized carbons (Fsp3) is 0.615. The summed E-state index contributed by atoms with van der Waals surface area (Å²) in [4.78, 5) is 6.95. The maximum Gasteiger partial charge on any atom is 0.203 e. The second-order valence-electron chi connectivity index (χ2n) is 5.05. The van der Waals surface area contributed by atoms with E-state index >= 15 is 0 Å².